The zero-order valence-corrected chi connectivity index (χ0v) is 24.0. The van der Waals surface area contributed by atoms with Gasteiger partial charge in [0.25, 0.3) is 5.78 Å². The molecule has 1 amide bonds. The molecule has 0 radical (unpaired) electrons. The van der Waals surface area contributed by atoms with Crippen LogP contribution in [0.1, 0.15) is 70.4 Å². The van der Waals surface area contributed by atoms with Crippen LogP contribution in [-0.2, 0) is 14.3 Å². The number of carbonyl (C=O) groups is 3. The van der Waals surface area contributed by atoms with Crippen LogP contribution < -0.4 is 9.64 Å². The lowest BCUT2D eigenvalue weighted by Gasteiger charge is -2.23. The van der Waals surface area contributed by atoms with Crippen molar-refractivity contribution >= 4 is 39.9 Å². The van der Waals surface area contributed by atoms with Crippen molar-refractivity contribution in [2.75, 3.05) is 18.1 Å². The van der Waals surface area contributed by atoms with Crippen LogP contribution >= 0.6 is 11.3 Å². The maximum absolute atomic E-state index is 13.5. The number of ketones is 1. The number of hydrogen-bond donors (Lipinski definition) is 1. The van der Waals surface area contributed by atoms with E-state index < -0.39 is 23.7 Å². The molecule has 1 saturated heterocycles. The van der Waals surface area contributed by atoms with Crippen molar-refractivity contribution in [2.45, 2.75) is 46.6 Å². The molecule has 2 aromatic carbocycles. The van der Waals surface area contributed by atoms with Gasteiger partial charge in [0, 0.05) is 5.56 Å². The van der Waals surface area contributed by atoms with E-state index in [4.69, 9.17) is 9.47 Å². The van der Waals surface area contributed by atoms with Crippen molar-refractivity contribution in [3.8, 4) is 5.75 Å². The summed E-state index contributed by atoms with van der Waals surface area (Å²) in [5.74, 6) is -1.65. The minimum Gasteiger partial charge on any atom is -0.507 e. The van der Waals surface area contributed by atoms with Crippen LogP contribution in [0.4, 0.5) is 5.13 Å². The van der Waals surface area contributed by atoms with E-state index in [-0.39, 0.29) is 33.9 Å². The first-order valence-electron chi connectivity index (χ1n) is 13.0. The Balaban J connectivity index is 1.88. The molecule has 1 atom stereocenters. The highest BCUT2D eigenvalue weighted by Crippen LogP contribution is 2.44. The Bertz CT molecular complexity index is 1500. The van der Waals surface area contributed by atoms with Crippen molar-refractivity contribution in [2.24, 2.45) is 0 Å². The number of aryl methyl sites for hydroxylation is 2. The smallest absolute Gasteiger partial charge is 0.350 e. The third-order valence-electron chi connectivity index (χ3n) is 6.62. The van der Waals surface area contributed by atoms with Gasteiger partial charge in [-0.3, -0.25) is 14.5 Å². The summed E-state index contributed by atoms with van der Waals surface area (Å²) in [4.78, 5) is 45.6. The number of anilines is 1. The normalized spacial score (nSPS) is 16.4. The average Bonchev–Trinajstić information content (AvgIpc) is 3.44. The van der Waals surface area contributed by atoms with E-state index in [1.54, 1.807) is 25.1 Å². The van der Waals surface area contributed by atoms with Crippen LogP contribution in [0.3, 0.4) is 0 Å². The van der Waals surface area contributed by atoms with Crippen LogP contribution in [0.5, 0.6) is 5.75 Å². The lowest BCUT2D eigenvalue weighted by atomic mass is 9.93. The fraction of sp³-hybridized carbons (Fsp3) is 0.290. The van der Waals surface area contributed by atoms with Crippen LogP contribution in [-0.4, -0.2) is 41.0 Å². The fourth-order valence-electron chi connectivity index (χ4n) is 4.55. The van der Waals surface area contributed by atoms with Crippen LogP contribution in [0, 0.1) is 13.8 Å². The predicted octanol–water partition coefficient (Wildman–Crippen LogP) is 6.25. The van der Waals surface area contributed by atoms with Gasteiger partial charge in [0.05, 0.1) is 23.9 Å². The number of Topliss-reactive ketones (excluding diaryl/α,β-unsaturated/α-hetero) is 1. The molecule has 1 aliphatic rings. The van der Waals surface area contributed by atoms with Gasteiger partial charge in [0.15, 0.2) is 5.13 Å². The van der Waals surface area contributed by atoms with E-state index in [9.17, 15) is 19.5 Å². The van der Waals surface area contributed by atoms with Crippen LogP contribution in [0.25, 0.3) is 5.76 Å². The summed E-state index contributed by atoms with van der Waals surface area (Å²) in [5, 5.41) is 11.6. The molecular formula is C31H32N2O6S. The third-order valence-corrected chi connectivity index (χ3v) is 7.76. The van der Waals surface area contributed by atoms with Crippen molar-refractivity contribution in [1.82, 2.24) is 4.98 Å². The standard InChI is InChI=1S/C31H32N2O6S/c1-7-15-39-30(37)28-19(6)32-31(40-28)33-25(21-11-9-20(10-12-21)17(3)4)24(27(35)29(33)36)26(34)22-13-14-23(38-8-2)18(5)16-22/h7,9-14,16-17,25,34H,1,8,15H2,2-6H3/b26-24+. The van der Waals surface area contributed by atoms with Crippen LogP contribution in [0.15, 0.2) is 60.7 Å². The minimum atomic E-state index is -0.962. The molecule has 40 heavy (non-hydrogen) atoms. The van der Waals surface area contributed by atoms with Gasteiger partial charge in [0.1, 0.15) is 23.0 Å². The van der Waals surface area contributed by atoms with E-state index in [1.807, 2.05) is 38.1 Å². The summed E-state index contributed by atoms with van der Waals surface area (Å²) < 4.78 is 10.8. The van der Waals surface area contributed by atoms with Gasteiger partial charge in [-0.15, -0.1) is 0 Å². The Morgan fingerprint density at radius 2 is 1.88 bits per heavy atom. The number of nitrogens with zero attached hydrogens (tertiary/aromatic N) is 2. The molecule has 9 heteroatoms. The summed E-state index contributed by atoms with van der Waals surface area (Å²) in [6.45, 7) is 13.6. The lowest BCUT2D eigenvalue weighted by Crippen LogP contribution is -2.29. The van der Waals surface area contributed by atoms with Crippen LogP contribution in [0.2, 0.25) is 0 Å². The number of hydrogen-bond acceptors (Lipinski definition) is 8. The molecule has 1 N–H and O–H groups in total. The number of amides is 1. The molecule has 1 fully saturated rings. The molecule has 0 spiro atoms. The maximum Gasteiger partial charge on any atom is 0.350 e. The van der Waals surface area contributed by atoms with Gasteiger partial charge in [-0.2, -0.15) is 0 Å². The second-order valence-corrected chi connectivity index (χ2v) is 10.7. The van der Waals surface area contributed by atoms with Gasteiger partial charge in [-0.05, 0) is 61.6 Å². The fourth-order valence-corrected chi connectivity index (χ4v) is 5.54. The van der Waals surface area contributed by atoms with E-state index in [0.29, 0.717) is 29.2 Å². The minimum absolute atomic E-state index is 0.0275. The maximum atomic E-state index is 13.5. The number of carbonyl (C=O) groups excluding carboxylic acids is 3. The second kappa shape index (κ2) is 11.9. The number of aromatic nitrogens is 1. The van der Waals surface area contributed by atoms with Gasteiger partial charge >= 0.3 is 11.9 Å². The molecule has 0 bridgehead atoms. The first-order valence-corrected chi connectivity index (χ1v) is 13.8. The molecule has 1 aromatic heterocycles. The van der Waals surface area contributed by atoms with E-state index in [0.717, 1.165) is 22.5 Å². The zero-order chi connectivity index (χ0) is 29.1. The monoisotopic (exact) mass is 560 g/mol. The van der Waals surface area contributed by atoms with Crippen molar-refractivity contribution < 1.29 is 29.0 Å². The highest BCUT2D eigenvalue weighted by atomic mass is 32.1. The second-order valence-electron chi connectivity index (χ2n) is 9.70. The van der Waals surface area contributed by atoms with E-state index in [2.05, 4.69) is 25.4 Å². The number of aliphatic hydroxyl groups is 1. The number of rotatable bonds is 9. The summed E-state index contributed by atoms with van der Waals surface area (Å²) in [7, 11) is 0. The molecule has 1 unspecified atom stereocenters. The molecule has 2 heterocycles. The van der Waals surface area contributed by atoms with Crippen molar-refractivity contribution in [1.29, 1.82) is 0 Å². The van der Waals surface area contributed by atoms with E-state index in [1.165, 1.54) is 11.0 Å². The Kier molecular flexibility index (Phi) is 8.54. The molecule has 4 rings (SSSR count). The third kappa shape index (κ3) is 5.42. The largest absolute Gasteiger partial charge is 0.507 e. The molecule has 3 aromatic rings. The zero-order valence-electron chi connectivity index (χ0n) is 23.2. The molecule has 8 nitrogen and oxygen atoms in total. The number of esters is 1. The van der Waals surface area contributed by atoms with Gasteiger partial charge in [-0.25, -0.2) is 9.78 Å². The van der Waals surface area contributed by atoms with Crippen molar-refractivity contribution in [3.05, 3.63) is 93.5 Å². The SMILES string of the molecule is C=CCOC(=O)c1sc(N2C(=O)C(=O)/C(=C(/O)c3ccc(OCC)c(C)c3)C2c2ccc(C(C)C)cc2)nc1C. The Morgan fingerprint density at radius 1 is 1.18 bits per heavy atom. The quantitative estimate of drug-likeness (QED) is 0.108. The lowest BCUT2D eigenvalue weighted by molar-refractivity contribution is -0.132. The Morgan fingerprint density at radius 3 is 2.48 bits per heavy atom. The molecule has 208 valence electrons. The molecule has 0 aliphatic carbocycles. The van der Waals surface area contributed by atoms with Crippen molar-refractivity contribution in [3.63, 3.8) is 0 Å². The summed E-state index contributed by atoms with van der Waals surface area (Å²) in [6.07, 6.45) is 1.46. The number of aliphatic hydroxyl groups excluding tert-OH is 1. The average molecular weight is 561 g/mol. The predicted molar refractivity (Wildman–Crippen MR) is 155 cm³/mol. The highest BCUT2D eigenvalue weighted by molar-refractivity contribution is 7.17. The first kappa shape index (κ1) is 28.8. The molecular weight excluding hydrogens is 528 g/mol. The first-order chi connectivity index (χ1) is 19.1. The topological polar surface area (TPSA) is 106 Å². The van der Waals surface area contributed by atoms with Gasteiger partial charge < -0.3 is 14.6 Å². The Hall–Kier alpha value is -4.24. The molecule has 1 aliphatic heterocycles. The van der Waals surface area contributed by atoms with Gasteiger partial charge in [-0.1, -0.05) is 62.1 Å². The summed E-state index contributed by atoms with van der Waals surface area (Å²) in [6, 6.07) is 11.7. The summed E-state index contributed by atoms with van der Waals surface area (Å²) >= 11 is 0.959. The summed E-state index contributed by atoms with van der Waals surface area (Å²) in [5.41, 5.74) is 3.17. The Labute approximate surface area is 237 Å². The van der Waals surface area contributed by atoms with E-state index >= 15 is 0 Å². The number of benzene rings is 2. The highest BCUT2D eigenvalue weighted by Gasteiger charge is 2.48. The molecule has 0 saturated carbocycles. The van der Waals surface area contributed by atoms with Gasteiger partial charge in [0.2, 0.25) is 0 Å². The number of ether oxygens (including phenoxy) is 2. The number of thiazole rings is 1.